The van der Waals surface area contributed by atoms with Crippen molar-refractivity contribution in [3.8, 4) is 5.69 Å². The van der Waals surface area contributed by atoms with E-state index in [2.05, 4.69) is 10.4 Å². The van der Waals surface area contributed by atoms with Gasteiger partial charge in [-0.1, -0.05) is 17.7 Å². The normalized spacial score (nSPS) is 13.9. The molecule has 1 aromatic carbocycles. The average molecular weight is 380 g/mol. The Morgan fingerprint density at radius 2 is 2.00 bits per heavy atom. The highest BCUT2D eigenvalue weighted by Crippen LogP contribution is 2.36. The molecule has 25 heavy (non-hydrogen) atoms. The molecule has 0 spiro atoms. The van der Waals surface area contributed by atoms with E-state index in [1.807, 2.05) is 31.2 Å². The number of sulfonamides is 1. The topological polar surface area (TPSA) is 84.3 Å². The maximum Gasteiger partial charge on any atom is 0.240 e. The van der Waals surface area contributed by atoms with Crippen LogP contribution in [0.3, 0.4) is 0 Å². The largest absolute Gasteiger partial charge is 0.309 e. The third-order valence-electron chi connectivity index (χ3n) is 4.02. The highest BCUT2D eigenvalue weighted by Gasteiger charge is 2.25. The molecular weight excluding hydrogens is 360 g/mol. The zero-order valence-corrected chi connectivity index (χ0v) is 15.9. The number of anilines is 1. The van der Waals surface area contributed by atoms with Gasteiger partial charge in [-0.3, -0.25) is 4.79 Å². The molecule has 0 saturated carbocycles. The van der Waals surface area contributed by atoms with Crippen LogP contribution in [0.25, 0.3) is 5.69 Å². The van der Waals surface area contributed by atoms with Crippen LogP contribution < -0.4 is 5.32 Å². The molecule has 0 bridgehead atoms. The first kappa shape index (κ1) is 18.0. The van der Waals surface area contributed by atoms with Gasteiger partial charge in [0, 0.05) is 24.1 Å². The first-order valence-electron chi connectivity index (χ1n) is 7.72. The Morgan fingerprint density at radius 1 is 1.32 bits per heavy atom. The number of fused-ring (bicyclic) bond motifs is 1. The van der Waals surface area contributed by atoms with Crippen molar-refractivity contribution < 1.29 is 13.2 Å². The minimum atomic E-state index is -3.41. The van der Waals surface area contributed by atoms with Crippen molar-refractivity contribution in [2.45, 2.75) is 18.4 Å². The van der Waals surface area contributed by atoms with Gasteiger partial charge in [-0.25, -0.2) is 13.1 Å². The summed E-state index contributed by atoms with van der Waals surface area (Å²) in [6, 6.07) is 7.87. The second-order valence-electron chi connectivity index (χ2n) is 6.08. The van der Waals surface area contributed by atoms with Gasteiger partial charge in [0.1, 0.15) is 5.82 Å². The molecule has 0 unspecified atom stereocenters. The molecule has 2 heterocycles. The second kappa shape index (κ2) is 6.81. The van der Waals surface area contributed by atoms with E-state index < -0.39 is 10.0 Å². The number of thioether (sulfide) groups is 1. The number of amides is 1. The van der Waals surface area contributed by atoms with Crippen molar-refractivity contribution in [2.75, 3.05) is 25.2 Å². The number of carbonyl (C=O) groups is 1. The van der Waals surface area contributed by atoms with Gasteiger partial charge >= 0.3 is 0 Å². The smallest absolute Gasteiger partial charge is 0.240 e. The number of hydrogen-bond donors (Lipinski definition) is 1. The van der Waals surface area contributed by atoms with Crippen molar-refractivity contribution in [1.82, 2.24) is 14.1 Å². The Kier molecular flexibility index (Phi) is 4.90. The molecule has 1 N–H and O–H groups in total. The molecule has 1 aromatic heterocycles. The van der Waals surface area contributed by atoms with Crippen LogP contribution in [0.1, 0.15) is 16.8 Å². The molecule has 1 aliphatic heterocycles. The van der Waals surface area contributed by atoms with E-state index >= 15 is 0 Å². The number of nitrogens with zero attached hydrogens (tertiary/aromatic N) is 3. The van der Waals surface area contributed by atoms with E-state index in [-0.39, 0.29) is 12.5 Å². The minimum absolute atomic E-state index is 0.236. The van der Waals surface area contributed by atoms with Gasteiger partial charge in [0.15, 0.2) is 0 Å². The number of nitrogens with one attached hydrogen (secondary N) is 1. The van der Waals surface area contributed by atoms with Crippen LogP contribution in [0.2, 0.25) is 0 Å². The average Bonchev–Trinajstić information content (AvgIpc) is 3.10. The zero-order valence-electron chi connectivity index (χ0n) is 14.3. The van der Waals surface area contributed by atoms with Crippen molar-refractivity contribution in [3.63, 3.8) is 0 Å². The SMILES string of the molecule is Cc1ccc(-n2nc3c(c2NC(=O)CN(C)S(C)(=O)=O)CSC3)cc1. The van der Waals surface area contributed by atoms with Crippen LogP contribution in [0, 0.1) is 6.92 Å². The third kappa shape index (κ3) is 3.88. The molecule has 0 aliphatic carbocycles. The predicted molar refractivity (Wildman–Crippen MR) is 99.4 cm³/mol. The van der Waals surface area contributed by atoms with Crippen molar-refractivity contribution in [3.05, 3.63) is 41.1 Å². The molecule has 1 amide bonds. The summed E-state index contributed by atoms with van der Waals surface area (Å²) in [7, 11) is -2.03. The summed E-state index contributed by atoms with van der Waals surface area (Å²) in [6.45, 7) is 1.77. The fourth-order valence-electron chi connectivity index (χ4n) is 2.51. The Labute approximate surface area is 151 Å². The number of aryl methyl sites for hydroxylation is 1. The summed E-state index contributed by atoms with van der Waals surface area (Å²) in [6.07, 6.45) is 1.07. The molecule has 134 valence electrons. The molecular formula is C16H20N4O3S2. The van der Waals surface area contributed by atoms with E-state index in [0.29, 0.717) is 5.82 Å². The van der Waals surface area contributed by atoms with Crippen LogP contribution in [0.4, 0.5) is 5.82 Å². The fourth-order valence-corrected chi connectivity index (χ4v) is 3.89. The van der Waals surface area contributed by atoms with Crippen molar-refractivity contribution in [2.24, 2.45) is 0 Å². The number of benzene rings is 1. The number of rotatable bonds is 5. The Hall–Kier alpha value is -1.84. The molecule has 7 nitrogen and oxygen atoms in total. The lowest BCUT2D eigenvalue weighted by Gasteiger charge is -2.15. The Balaban J connectivity index is 1.90. The van der Waals surface area contributed by atoms with Crippen LogP contribution in [-0.4, -0.2) is 48.3 Å². The monoisotopic (exact) mass is 380 g/mol. The quantitative estimate of drug-likeness (QED) is 0.854. The van der Waals surface area contributed by atoms with Gasteiger partial charge in [-0.2, -0.15) is 21.2 Å². The minimum Gasteiger partial charge on any atom is -0.309 e. The summed E-state index contributed by atoms with van der Waals surface area (Å²) < 4.78 is 25.7. The van der Waals surface area contributed by atoms with Crippen molar-refractivity contribution in [1.29, 1.82) is 0 Å². The molecule has 0 radical (unpaired) electrons. The third-order valence-corrected chi connectivity index (χ3v) is 6.25. The molecule has 9 heteroatoms. The first-order chi connectivity index (χ1) is 11.8. The zero-order chi connectivity index (χ0) is 18.2. The molecule has 1 aliphatic rings. The maximum atomic E-state index is 12.3. The summed E-state index contributed by atoms with van der Waals surface area (Å²) in [4.78, 5) is 12.3. The van der Waals surface area contributed by atoms with Crippen molar-refractivity contribution >= 4 is 33.5 Å². The van der Waals surface area contributed by atoms with E-state index in [1.54, 1.807) is 16.4 Å². The van der Waals surface area contributed by atoms with E-state index in [4.69, 9.17) is 0 Å². The Bertz CT molecular complexity index is 904. The number of aromatic nitrogens is 2. The van der Waals surface area contributed by atoms with Gasteiger partial charge in [0.25, 0.3) is 0 Å². The first-order valence-corrected chi connectivity index (χ1v) is 10.7. The van der Waals surface area contributed by atoms with E-state index in [0.717, 1.165) is 44.6 Å². The van der Waals surface area contributed by atoms with Crippen LogP contribution in [-0.2, 0) is 26.3 Å². The number of likely N-dealkylation sites (N-methyl/N-ethyl adjacent to an activating group) is 1. The van der Waals surface area contributed by atoms with Gasteiger partial charge in [0.2, 0.25) is 15.9 Å². The Morgan fingerprint density at radius 3 is 2.64 bits per heavy atom. The highest BCUT2D eigenvalue weighted by molar-refractivity contribution is 7.98. The van der Waals surface area contributed by atoms with E-state index in [9.17, 15) is 13.2 Å². The summed E-state index contributed by atoms with van der Waals surface area (Å²) in [5.41, 5.74) is 3.95. The molecule has 3 rings (SSSR count). The lowest BCUT2D eigenvalue weighted by molar-refractivity contribution is -0.116. The van der Waals surface area contributed by atoms with E-state index in [1.165, 1.54) is 7.05 Å². The maximum absolute atomic E-state index is 12.3. The molecule has 2 aromatic rings. The highest BCUT2D eigenvalue weighted by atomic mass is 32.2. The summed E-state index contributed by atoms with van der Waals surface area (Å²) in [5.74, 6) is 1.82. The predicted octanol–water partition coefficient (Wildman–Crippen LogP) is 1.76. The van der Waals surface area contributed by atoms with Gasteiger partial charge in [0.05, 0.1) is 24.2 Å². The summed E-state index contributed by atoms with van der Waals surface area (Å²) in [5, 5.41) is 7.47. The standard InChI is InChI=1S/C16H20N4O3S2/c1-11-4-6-12(7-5-11)20-16(13-9-24-10-14(13)18-20)17-15(21)8-19(2)25(3,22)23/h4-7H,8-10H2,1-3H3,(H,17,21). The van der Waals surface area contributed by atoms with Gasteiger partial charge in [-0.05, 0) is 19.1 Å². The van der Waals surface area contributed by atoms with Crippen LogP contribution in [0.15, 0.2) is 24.3 Å². The number of carbonyl (C=O) groups excluding carboxylic acids is 1. The summed E-state index contributed by atoms with van der Waals surface area (Å²) >= 11 is 1.74. The second-order valence-corrected chi connectivity index (χ2v) is 9.16. The molecule has 0 atom stereocenters. The van der Waals surface area contributed by atoms with Gasteiger partial charge in [-0.15, -0.1) is 0 Å². The van der Waals surface area contributed by atoms with Crippen LogP contribution in [0.5, 0.6) is 0 Å². The number of hydrogen-bond acceptors (Lipinski definition) is 5. The lowest BCUT2D eigenvalue weighted by atomic mass is 10.2. The molecule has 0 fully saturated rings. The lowest BCUT2D eigenvalue weighted by Crippen LogP contribution is -2.34. The molecule has 0 saturated heterocycles. The fraction of sp³-hybridized carbons (Fsp3) is 0.375. The van der Waals surface area contributed by atoms with Gasteiger partial charge < -0.3 is 5.32 Å². The van der Waals surface area contributed by atoms with Crippen LogP contribution >= 0.6 is 11.8 Å².